The van der Waals surface area contributed by atoms with Crippen molar-refractivity contribution < 1.29 is 13.9 Å². The van der Waals surface area contributed by atoms with Gasteiger partial charge in [-0.25, -0.2) is 4.39 Å². The van der Waals surface area contributed by atoms with Crippen LogP contribution in [0.25, 0.3) is 0 Å². The predicted octanol–water partition coefficient (Wildman–Crippen LogP) is 2.32. The average Bonchev–Trinajstić information content (AvgIpc) is 2.47. The van der Waals surface area contributed by atoms with Gasteiger partial charge in [0.25, 0.3) is 5.91 Å². The fourth-order valence-electron chi connectivity index (χ4n) is 1.61. The van der Waals surface area contributed by atoms with Crippen LogP contribution in [-0.4, -0.2) is 17.8 Å². The molecule has 0 spiro atoms. The topological polar surface area (TPSA) is 51.2 Å². The van der Waals surface area contributed by atoms with Gasteiger partial charge in [0.05, 0.1) is 17.8 Å². The van der Waals surface area contributed by atoms with Crippen LogP contribution in [0.1, 0.15) is 16.1 Å². The molecule has 1 N–H and O–H groups in total. The van der Waals surface area contributed by atoms with Crippen LogP contribution >= 0.6 is 0 Å². The summed E-state index contributed by atoms with van der Waals surface area (Å²) in [5.74, 6) is -0.0989. The van der Waals surface area contributed by atoms with Crippen molar-refractivity contribution in [2.75, 3.05) is 6.86 Å². The molecule has 0 aliphatic heterocycles. The van der Waals surface area contributed by atoms with Gasteiger partial charge in [-0.2, -0.15) is 0 Å². The van der Waals surface area contributed by atoms with Crippen molar-refractivity contribution in [2.45, 2.75) is 6.54 Å². The van der Waals surface area contributed by atoms with Crippen molar-refractivity contribution in [1.82, 2.24) is 10.3 Å². The molecule has 2 rings (SSSR count). The van der Waals surface area contributed by atoms with E-state index in [-0.39, 0.29) is 11.7 Å². The van der Waals surface area contributed by atoms with Crippen LogP contribution in [0.3, 0.4) is 0 Å². The predicted molar refractivity (Wildman–Crippen MR) is 68.5 cm³/mol. The summed E-state index contributed by atoms with van der Waals surface area (Å²) in [5, 5.41) is 2.71. The van der Waals surface area contributed by atoms with Crippen molar-refractivity contribution in [2.24, 2.45) is 0 Å². The summed E-state index contributed by atoms with van der Waals surface area (Å²) in [6.07, 6.45) is 1.65. The van der Waals surface area contributed by atoms with Gasteiger partial charge in [0.1, 0.15) is 5.75 Å². The largest absolute Gasteiger partial charge is 0.462 e. The lowest BCUT2D eigenvalue weighted by molar-refractivity contribution is 0.0943. The van der Waals surface area contributed by atoms with Gasteiger partial charge >= 0.3 is 0 Å². The number of halogens is 1. The van der Waals surface area contributed by atoms with Crippen LogP contribution < -0.4 is 10.1 Å². The third kappa shape index (κ3) is 3.51. The second-order valence-electron chi connectivity index (χ2n) is 3.75. The smallest absolute Gasteiger partial charge is 0.255 e. The molecule has 5 heteroatoms. The number of ether oxygens (including phenoxy) is 1. The second-order valence-corrected chi connectivity index (χ2v) is 3.75. The number of hydrogen-bond acceptors (Lipinski definition) is 3. The zero-order chi connectivity index (χ0) is 13.5. The van der Waals surface area contributed by atoms with Gasteiger partial charge in [-0.15, -0.1) is 0 Å². The molecule has 1 aromatic heterocycles. The van der Waals surface area contributed by atoms with Crippen LogP contribution in [0.5, 0.6) is 5.75 Å². The van der Waals surface area contributed by atoms with Crippen molar-refractivity contribution in [3.63, 3.8) is 0 Å². The zero-order valence-electron chi connectivity index (χ0n) is 10.2. The Kier molecular flexibility index (Phi) is 4.44. The normalized spacial score (nSPS) is 9.95. The quantitative estimate of drug-likeness (QED) is 0.897. The third-order valence-corrected chi connectivity index (χ3v) is 2.50. The van der Waals surface area contributed by atoms with Gasteiger partial charge in [0.15, 0.2) is 0 Å². The van der Waals surface area contributed by atoms with Crippen LogP contribution in [0, 0.1) is 0 Å². The van der Waals surface area contributed by atoms with Crippen LogP contribution in [0.2, 0.25) is 0 Å². The van der Waals surface area contributed by atoms with Crippen LogP contribution in [0.4, 0.5) is 4.39 Å². The molecule has 0 unspecified atom stereocenters. The molecule has 1 heterocycles. The lowest BCUT2D eigenvalue weighted by Crippen LogP contribution is -2.23. The maximum Gasteiger partial charge on any atom is 0.255 e. The summed E-state index contributed by atoms with van der Waals surface area (Å²) in [7, 11) is 0. The number of carbonyl (C=O) groups excluding carboxylic acids is 1. The number of aromatic nitrogens is 1. The Morgan fingerprint density at radius 3 is 2.74 bits per heavy atom. The second kappa shape index (κ2) is 6.49. The summed E-state index contributed by atoms with van der Waals surface area (Å²) < 4.78 is 17.0. The van der Waals surface area contributed by atoms with E-state index in [9.17, 15) is 9.18 Å². The summed E-state index contributed by atoms with van der Waals surface area (Å²) in [6, 6.07) is 12.0. The minimum absolute atomic E-state index is 0.225. The Labute approximate surface area is 110 Å². The molecule has 0 bridgehead atoms. The first-order valence-electron chi connectivity index (χ1n) is 5.77. The van der Waals surface area contributed by atoms with Gasteiger partial charge in [-0.05, 0) is 24.3 Å². The number of carbonyl (C=O) groups is 1. The molecule has 19 heavy (non-hydrogen) atoms. The Balaban J connectivity index is 2.04. The number of nitrogens with zero attached hydrogens (tertiary/aromatic N) is 1. The minimum Gasteiger partial charge on any atom is -0.462 e. The maximum absolute atomic E-state index is 12.2. The van der Waals surface area contributed by atoms with Crippen LogP contribution in [-0.2, 0) is 6.54 Å². The lowest BCUT2D eigenvalue weighted by Gasteiger charge is -2.09. The molecular weight excluding hydrogens is 247 g/mol. The standard InChI is InChI=1S/C14H13FN2O2/c15-10-19-13-7-2-1-6-12(13)14(18)17-9-11-5-3-4-8-16-11/h1-8H,9-10H2,(H,17,18). The molecule has 4 nitrogen and oxygen atoms in total. The van der Waals surface area contributed by atoms with E-state index in [1.54, 1.807) is 36.5 Å². The molecule has 0 aliphatic carbocycles. The third-order valence-electron chi connectivity index (χ3n) is 2.50. The summed E-state index contributed by atoms with van der Waals surface area (Å²) in [6.45, 7) is -0.659. The average molecular weight is 260 g/mol. The molecule has 98 valence electrons. The van der Waals surface area contributed by atoms with E-state index in [1.165, 1.54) is 0 Å². The molecule has 0 radical (unpaired) electrons. The number of nitrogens with one attached hydrogen (secondary N) is 1. The number of benzene rings is 1. The molecule has 0 saturated carbocycles. The SMILES string of the molecule is O=C(NCc1ccccn1)c1ccccc1OCF. The lowest BCUT2D eigenvalue weighted by atomic mass is 10.2. The van der Waals surface area contributed by atoms with Gasteiger partial charge in [0, 0.05) is 6.20 Å². The fourth-order valence-corrected chi connectivity index (χ4v) is 1.61. The Hall–Kier alpha value is -2.43. The number of para-hydroxylation sites is 1. The van der Waals surface area contributed by atoms with E-state index in [1.807, 2.05) is 12.1 Å². The fraction of sp³-hybridized carbons (Fsp3) is 0.143. The van der Waals surface area contributed by atoms with E-state index < -0.39 is 6.86 Å². The number of hydrogen-bond donors (Lipinski definition) is 1. The molecule has 0 saturated heterocycles. The number of rotatable bonds is 5. The van der Waals surface area contributed by atoms with Gasteiger partial charge in [-0.1, -0.05) is 18.2 Å². The molecule has 0 aliphatic rings. The first-order valence-corrected chi connectivity index (χ1v) is 5.77. The van der Waals surface area contributed by atoms with Gasteiger partial charge in [0.2, 0.25) is 6.86 Å². The number of amides is 1. The van der Waals surface area contributed by atoms with Gasteiger partial charge in [-0.3, -0.25) is 9.78 Å². The van der Waals surface area contributed by atoms with E-state index in [4.69, 9.17) is 4.74 Å². The van der Waals surface area contributed by atoms with Crippen molar-refractivity contribution >= 4 is 5.91 Å². The molecule has 1 aromatic carbocycles. The Bertz CT molecular complexity index is 546. The van der Waals surface area contributed by atoms with Crippen molar-refractivity contribution in [1.29, 1.82) is 0 Å². The van der Waals surface area contributed by atoms with Crippen molar-refractivity contribution in [3.05, 3.63) is 59.9 Å². The number of pyridine rings is 1. The molecule has 0 fully saturated rings. The van der Waals surface area contributed by atoms with Gasteiger partial charge < -0.3 is 10.1 Å². The summed E-state index contributed by atoms with van der Waals surface area (Å²) in [5.41, 5.74) is 1.05. The van der Waals surface area contributed by atoms with E-state index in [0.717, 1.165) is 5.69 Å². The zero-order valence-corrected chi connectivity index (χ0v) is 10.2. The highest BCUT2D eigenvalue weighted by Crippen LogP contribution is 2.17. The first kappa shape index (κ1) is 13.0. The molecule has 1 amide bonds. The first-order chi connectivity index (χ1) is 9.31. The maximum atomic E-state index is 12.2. The molecular formula is C14H13FN2O2. The number of alkyl halides is 1. The van der Waals surface area contributed by atoms with E-state index in [2.05, 4.69) is 10.3 Å². The minimum atomic E-state index is -0.968. The monoisotopic (exact) mass is 260 g/mol. The summed E-state index contributed by atoms with van der Waals surface area (Å²) in [4.78, 5) is 16.1. The summed E-state index contributed by atoms with van der Waals surface area (Å²) >= 11 is 0. The highest BCUT2D eigenvalue weighted by molar-refractivity contribution is 5.96. The highest BCUT2D eigenvalue weighted by Gasteiger charge is 2.11. The van der Waals surface area contributed by atoms with Crippen LogP contribution in [0.15, 0.2) is 48.7 Å². The molecule has 0 atom stereocenters. The van der Waals surface area contributed by atoms with E-state index in [0.29, 0.717) is 12.1 Å². The highest BCUT2D eigenvalue weighted by atomic mass is 19.1. The Morgan fingerprint density at radius 1 is 1.21 bits per heavy atom. The van der Waals surface area contributed by atoms with E-state index >= 15 is 0 Å². The van der Waals surface area contributed by atoms with Crippen molar-refractivity contribution in [3.8, 4) is 5.75 Å². The molecule has 2 aromatic rings. The Morgan fingerprint density at radius 2 is 2.00 bits per heavy atom.